The minimum absolute atomic E-state index is 0.567. The number of rotatable bonds is 3. The number of halogens is 1. The van der Waals surface area contributed by atoms with Gasteiger partial charge in [0.05, 0.1) is 11.2 Å². The van der Waals surface area contributed by atoms with Crippen LogP contribution in [0.3, 0.4) is 0 Å². The highest BCUT2D eigenvalue weighted by Crippen LogP contribution is 2.30. The molecule has 122 valence electrons. The summed E-state index contributed by atoms with van der Waals surface area (Å²) in [7, 11) is 0. The van der Waals surface area contributed by atoms with E-state index in [2.05, 4.69) is 29.4 Å². The number of fused-ring (bicyclic) bond motifs is 1. The van der Waals surface area contributed by atoms with Crippen LogP contribution in [0, 0.1) is 6.92 Å². The van der Waals surface area contributed by atoms with Crippen molar-refractivity contribution in [1.29, 1.82) is 0 Å². The molecule has 4 heteroatoms. The third-order valence-corrected chi connectivity index (χ3v) is 4.25. The van der Waals surface area contributed by atoms with Gasteiger partial charge >= 0.3 is 0 Å². The highest BCUT2D eigenvalue weighted by atomic mass is 35.5. The highest BCUT2D eigenvalue weighted by Gasteiger charge is 2.10. The van der Waals surface area contributed by atoms with E-state index in [1.165, 1.54) is 5.56 Å². The summed E-state index contributed by atoms with van der Waals surface area (Å²) in [5.74, 6) is 0.567. The van der Waals surface area contributed by atoms with Crippen molar-refractivity contribution >= 4 is 34.1 Å². The lowest BCUT2D eigenvalue weighted by molar-refractivity contribution is 1.21. The highest BCUT2D eigenvalue weighted by molar-refractivity contribution is 6.31. The monoisotopic (exact) mass is 345 g/mol. The average molecular weight is 346 g/mol. The Kier molecular flexibility index (Phi) is 4.08. The molecule has 0 amide bonds. The number of benzene rings is 3. The molecule has 1 N–H and O–H groups in total. The summed E-state index contributed by atoms with van der Waals surface area (Å²) in [4.78, 5) is 9.39. The first-order chi connectivity index (χ1) is 12.2. The molecule has 0 saturated heterocycles. The van der Waals surface area contributed by atoms with E-state index in [1.54, 1.807) is 0 Å². The van der Waals surface area contributed by atoms with Crippen LogP contribution in [0.4, 0.5) is 11.6 Å². The van der Waals surface area contributed by atoms with Crippen molar-refractivity contribution in [2.24, 2.45) is 0 Å². The molecule has 0 saturated carbocycles. The van der Waals surface area contributed by atoms with Gasteiger partial charge in [0.15, 0.2) is 0 Å². The Balaban J connectivity index is 1.86. The minimum atomic E-state index is 0.567. The van der Waals surface area contributed by atoms with Gasteiger partial charge in [0.1, 0.15) is 0 Å². The van der Waals surface area contributed by atoms with E-state index in [1.807, 2.05) is 60.7 Å². The number of nitrogens with zero attached hydrogens (tertiary/aromatic N) is 2. The van der Waals surface area contributed by atoms with Gasteiger partial charge in [0, 0.05) is 21.7 Å². The quantitative estimate of drug-likeness (QED) is 0.494. The molecule has 0 atom stereocenters. The molecule has 0 radical (unpaired) electrons. The standard InChI is InChI=1S/C21H16ClN3/c1-14-7-10-17(11-8-14)23-21-24-19-12-9-16(22)13-18(19)20(25-21)15-5-3-2-4-6-15/h2-13H,1H3,(H,23,24,25). The van der Waals surface area contributed by atoms with Gasteiger partial charge in [-0.3, -0.25) is 0 Å². The van der Waals surface area contributed by atoms with E-state index in [-0.39, 0.29) is 0 Å². The summed E-state index contributed by atoms with van der Waals surface area (Å²) in [5.41, 5.74) is 4.92. The first kappa shape index (κ1) is 15.6. The third kappa shape index (κ3) is 3.32. The smallest absolute Gasteiger partial charge is 0.228 e. The minimum Gasteiger partial charge on any atom is -0.324 e. The number of aromatic nitrogens is 2. The summed E-state index contributed by atoms with van der Waals surface area (Å²) < 4.78 is 0. The second-order valence-electron chi connectivity index (χ2n) is 5.91. The molecular formula is C21H16ClN3. The Morgan fingerprint density at radius 2 is 1.60 bits per heavy atom. The van der Waals surface area contributed by atoms with Crippen LogP contribution < -0.4 is 5.32 Å². The van der Waals surface area contributed by atoms with E-state index in [4.69, 9.17) is 16.6 Å². The summed E-state index contributed by atoms with van der Waals surface area (Å²) in [6.07, 6.45) is 0. The lowest BCUT2D eigenvalue weighted by atomic mass is 10.1. The zero-order chi connectivity index (χ0) is 17.2. The van der Waals surface area contributed by atoms with E-state index < -0.39 is 0 Å². The van der Waals surface area contributed by atoms with Crippen LogP contribution >= 0.6 is 11.6 Å². The molecule has 0 spiro atoms. The van der Waals surface area contributed by atoms with Crippen molar-refractivity contribution < 1.29 is 0 Å². The van der Waals surface area contributed by atoms with E-state index in [9.17, 15) is 0 Å². The zero-order valence-corrected chi connectivity index (χ0v) is 14.5. The normalized spacial score (nSPS) is 10.8. The Bertz CT molecular complexity index is 1030. The number of hydrogen-bond acceptors (Lipinski definition) is 3. The summed E-state index contributed by atoms with van der Waals surface area (Å²) in [6, 6.07) is 23.9. The maximum absolute atomic E-state index is 6.19. The first-order valence-electron chi connectivity index (χ1n) is 8.05. The van der Waals surface area contributed by atoms with E-state index in [0.717, 1.165) is 27.8 Å². The predicted octanol–water partition coefficient (Wildman–Crippen LogP) is 6.00. The van der Waals surface area contributed by atoms with Gasteiger partial charge in [-0.2, -0.15) is 0 Å². The Hall–Kier alpha value is -2.91. The molecule has 4 rings (SSSR count). The van der Waals surface area contributed by atoms with Crippen LogP contribution in [-0.4, -0.2) is 9.97 Å². The average Bonchev–Trinajstić information content (AvgIpc) is 2.64. The SMILES string of the molecule is Cc1ccc(Nc2nc(-c3ccccc3)c3cc(Cl)ccc3n2)cc1. The van der Waals surface area contributed by atoms with Gasteiger partial charge < -0.3 is 5.32 Å². The molecule has 0 fully saturated rings. The Morgan fingerprint density at radius 3 is 2.36 bits per heavy atom. The van der Waals surface area contributed by atoms with Gasteiger partial charge in [-0.15, -0.1) is 0 Å². The van der Waals surface area contributed by atoms with Gasteiger partial charge in [0.25, 0.3) is 0 Å². The first-order valence-corrected chi connectivity index (χ1v) is 8.43. The molecule has 25 heavy (non-hydrogen) atoms. The molecule has 4 aromatic rings. The fourth-order valence-corrected chi connectivity index (χ4v) is 2.91. The molecule has 3 aromatic carbocycles. The molecule has 0 bridgehead atoms. The lowest BCUT2D eigenvalue weighted by Gasteiger charge is -2.11. The Labute approximate surface area is 151 Å². The second kappa shape index (κ2) is 6.54. The maximum atomic E-state index is 6.19. The molecular weight excluding hydrogens is 330 g/mol. The topological polar surface area (TPSA) is 37.8 Å². The molecule has 1 aromatic heterocycles. The molecule has 1 heterocycles. The maximum Gasteiger partial charge on any atom is 0.228 e. The summed E-state index contributed by atoms with van der Waals surface area (Å²) >= 11 is 6.19. The van der Waals surface area contributed by atoms with Gasteiger partial charge in [-0.1, -0.05) is 59.6 Å². The Morgan fingerprint density at radius 1 is 0.840 bits per heavy atom. The largest absolute Gasteiger partial charge is 0.324 e. The van der Waals surface area contributed by atoms with E-state index >= 15 is 0 Å². The molecule has 0 aliphatic heterocycles. The molecule has 0 aliphatic carbocycles. The number of nitrogens with one attached hydrogen (secondary N) is 1. The second-order valence-corrected chi connectivity index (χ2v) is 6.35. The zero-order valence-electron chi connectivity index (χ0n) is 13.7. The van der Waals surface area contributed by atoms with Gasteiger partial charge in [0.2, 0.25) is 5.95 Å². The van der Waals surface area contributed by atoms with Gasteiger partial charge in [-0.25, -0.2) is 9.97 Å². The summed E-state index contributed by atoms with van der Waals surface area (Å²) in [5, 5.41) is 4.90. The fraction of sp³-hybridized carbons (Fsp3) is 0.0476. The van der Waals surface area contributed by atoms with Crippen molar-refractivity contribution in [2.45, 2.75) is 6.92 Å². The fourth-order valence-electron chi connectivity index (χ4n) is 2.74. The lowest BCUT2D eigenvalue weighted by Crippen LogP contribution is -2.00. The van der Waals surface area contributed by atoms with Crippen LogP contribution in [0.25, 0.3) is 22.2 Å². The number of aryl methyl sites for hydroxylation is 1. The number of hydrogen-bond donors (Lipinski definition) is 1. The van der Waals surface area contributed by atoms with E-state index in [0.29, 0.717) is 11.0 Å². The molecule has 0 aliphatic rings. The van der Waals surface area contributed by atoms with Crippen LogP contribution in [0.5, 0.6) is 0 Å². The van der Waals surface area contributed by atoms with Crippen LogP contribution in [0.2, 0.25) is 5.02 Å². The van der Waals surface area contributed by atoms with Crippen molar-refractivity contribution in [3.8, 4) is 11.3 Å². The predicted molar refractivity (Wildman–Crippen MR) is 104 cm³/mol. The van der Waals surface area contributed by atoms with Crippen LogP contribution in [-0.2, 0) is 0 Å². The molecule has 0 unspecified atom stereocenters. The van der Waals surface area contributed by atoms with Crippen molar-refractivity contribution in [3.63, 3.8) is 0 Å². The van der Waals surface area contributed by atoms with Gasteiger partial charge in [-0.05, 0) is 37.3 Å². The summed E-state index contributed by atoms with van der Waals surface area (Å²) in [6.45, 7) is 2.06. The van der Waals surface area contributed by atoms with Crippen LogP contribution in [0.1, 0.15) is 5.56 Å². The van der Waals surface area contributed by atoms with Crippen molar-refractivity contribution in [1.82, 2.24) is 9.97 Å². The van der Waals surface area contributed by atoms with Crippen LogP contribution in [0.15, 0.2) is 72.8 Å². The number of anilines is 2. The third-order valence-electron chi connectivity index (χ3n) is 4.01. The van der Waals surface area contributed by atoms with Crippen molar-refractivity contribution in [2.75, 3.05) is 5.32 Å². The van der Waals surface area contributed by atoms with Crippen molar-refractivity contribution in [3.05, 3.63) is 83.4 Å². The molecule has 3 nitrogen and oxygen atoms in total.